The highest BCUT2D eigenvalue weighted by atomic mass is 32.2. The number of rotatable bonds is 9. The highest BCUT2D eigenvalue weighted by Crippen LogP contribution is 2.33. The number of carbonyl (C=O) groups is 3. The van der Waals surface area contributed by atoms with E-state index in [1.807, 2.05) is 48.5 Å². The summed E-state index contributed by atoms with van der Waals surface area (Å²) >= 11 is 1.29. The van der Waals surface area contributed by atoms with Gasteiger partial charge in [-0.3, -0.25) is 0 Å². The summed E-state index contributed by atoms with van der Waals surface area (Å²) in [5.41, 5.74) is 7.02. The molecule has 1 aliphatic heterocycles. The molecule has 1 aromatic heterocycles. The maximum absolute atomic E-state index is 13.5. The van der Waals surface area contributed by atoms with E-state index in [1.54, 1.807) is 41.5 Å². The number of thioether (sulfide) groups is 1. The number of aliphatic imine (C=N–C) groups is 1. The predicted molar refractivity (Wildman–Crippen MR) is 188 cm³/mol. The molecule has 0 radical (unpaired) electrons. The molecule has 0 bridgehead atoms. The van der Waals surface area contributed by atoms with Gasteiger partial charge in [-0.15, -0.1) is 16.8 Å². The number of carbonyl (C=O) groups excluding carboxylic acids is 3. The van der Waals surface area contributed by atoms with Gasteiger partial charge >= 0.3 is 18.2 Å². The summed E-state index contributed by atoms with van der Waals surface area (Å²) in [4.78, 5) is 55.2. The molecule has 4 rings (SSSR count). The Bertz CT molecular complexity index is 1610. The minimum Gasteiger partial charge on any atom is -0.467 e. The van der Waals surface area contributed by atoms with E-state index in [9.17, 15) is 14.4 Å². The molecule has 3 N–H and O–H groups in total. The van der Waals surface area contributed by atoms with E-state index in [0.29, 0.717) is 5.82 Å². The third-order valence-electron chi connectivity index (χ3n) is 7.44. The first kappa shape index (κ1) is 37.7. The van der Waals surface area contributed by atoms with Crippen LogP contribution in [0.3, 0.4) is 0 Å². The number of amides is 2. The number of aromatic amines is 1. The van der Waals surface area contributed by atoms with Gasteiger partial charge in [0.2, 0.25) is 5.96 Å². The van der Waals surface area contributed by atoms with E-state index in [1.165, 1.54) is 18.9 Å². The van der Waals surface area contributed by atoms with E-state index in [4.69, 9.17) is 29.7 Å². The number of esters is 1. The molecule has 1 saturated heterocycles. The Kier molecular flexibility index (Phi) is 12.3. The molecular weight excluding hydrogens is 648 g/mol. The minimum atomic E-state index is -1.30. The fourth-order valence-corrected chi connectivity index (χ4v) is 6.19. The number of piperidine rings is 1. The number of ether oxygens (including phenoxy) is 4. The summed E-state index contributed by atoms with van der Waals surface area (Å²) in [6, 6.07) is 14.3. The summed E-state index contributed by atoms with van der Waals surface area (Å²) in [5.74, 6) is -0.658. The zero-order valence-corrected chi connectivity index (χ0v) is 30.3. The van der Waals surface area contributed by atoms with Gasteiger partial charge < -0.3 is 34.6 Å². The number of nitrogens with one attached hydrogen (secondary N) is 1. The molecule has 266 valence electrons. The van der Waals surface area contributed by atoms with Crippen molar-refractivity contribution in [2.75, 3.05) is 33.0 Å². The molecule has 0 spiro atoms. The summed E-state index contributed by atoms with van der Waals surface area (Å²) in [6.45, 7) is 11.9. The van der Waals surface area contributed by atoms with Crippen molar-refractivity contribution in [2.24, 2.45) is 10.7 Å². The van der Waals surface area contributed by atoms with Crippen molar-refractivity contribution < 1.29 is 33.3 Å². The second-order valence-electron chi connectivity index (χ2n) is 13.9. The molecule has 2 heterocycles. The van der Waals surface area contributed by atoms with E-state index < -0.39 is 47.5 Å². The molecule has 49 heavy (non-hydrogen) atoms. The van der Waals surface area contributed by atoms with Crippen molar-refractivity contribution in [1.29, 1.82) is 0 Å². The highest BCUT2D eigenvalue weighted by Gasteiger charge is 2.37. The molecule has 13 nitrogen and oxygen atoms in total. The first-order valence-corrected chi connectivity index (χ1v) is 17.2. The maximum atomic E-state index is 13.5. The van der Waals surface area contributed by atoms with Crippen molar-refractivity contribution in [3.63, 3.8) is 0 Å². The second-order valence-corrected chi connectivity index (χ2v) is 15.0. The van der Waals surface area contributed by atoms with E-state index in [0.717, 1.165) is 52.3 Å². The number of nitrogens with two attached hydrogens (primary N) is 1. The molecule has 2 aromatic carbocycles. The van der Waals surface area contributed by atoms with Crippen molar-refractivity contribution in [2.45, 2.75) is 88.7 Å². The zero-order chi connectivity index (χ0) is 35.9. The van der Waals surface area contributed by atoms with Crippen LogP contribution in [-0.4, -0.2) is 100 Å². The molecule has 2 atom stereocenters. The quantitative estimate of drug-likeness (QED) is 0.0903. The molecule has 14 heteroatoms. The Morgan fingerprint density at radius 1 is 1.04 bits per heavy atom. The first-order chi connectivity index (χ1) is 23.0. The third-order valence-corrected chi connectivity index (χ3v) is 8.51. The summed E-state index contributed by atoms with van der Waals surface area (Å²) < 4.78 is 22.6. The number of aromatic nitrogens is 2. The van der Waals surface area contributed by atoms with Gasteiger partial charge in [-0.1, -0.05) is 24.3 Å². The number of hydrogen-bond donors (Lipinski definition) is 2. The van der Waals surface area contributed by atoms with Crippen molar-refractivity contribution in [3.05, 3.63) is 59.9 Å². The van der Waals surface area contributed by atoms with Gasteiger partial charge in [0.05, 0.1) is 24.2 Å². The van der Waals surface area contributed by atoms with Crippen molar-refractivity contribution in [1.82, 2.24) is 19.8 Å². The maximum Gasteiger partial charge on any atom is 0.437 e. The van der Waals surface area contributed by atoms with E-state index in [-0.39, 0.29) is 11.9 Å². The molecule has 0 saturated carbocycles. The Morgan fingerprint density at radius 2 is 1.71 bits per heavy atom. The van der Waals surface area contributed by atoms with Crippen molar-refractivity contribution >= 4 is 46.9 Å². The fraction of sp³-hybridized carbons (Fsp3) is 0.514. The average Bonchev–Trinajstić information content (AvgIpc) is 3.44. The number of H-pyrrole nitrogens is 1. The van der Waals surface area contributed by atoms with Crippen LogP contribution in [0.2, 0.25) is 0 Å². The second kappa shape index (κ2) is 16.0. The van der Waals surface area contributed by atoms with Gasteiger partial charge in [0.1, 0.15) is 29.2 Å². The standard InChI is InChI=1S/C35H48N6O7S/c1-34(2,3)47-32(43)39-31(36)41(33(44)48-35(4,5)6)27(30(42)45-8)21-49-24-13-11-12-22(20-24)28(46-23-16-18-40(7)19-17-23)29-37-25-14-9-10-15-26(25)38-29/h9-15,20,23,27-28H,16-19,21H2,1-8H3,(H,37,38)(H2,36,39,43). The van der Waals surface area contributed by atoms with Crippen LogP contribution in [0, 0.1) is 0 Å². The number of nitrogens with zero attached hydrogens (tertiary/aromatic N) is 4. The largest absolute Gasteiger partial charge is 0.467 e. The minimum absolute atomic E-state index is 0.00890. The number of imidazole rings is 1. The highest BCUT2D eigenvalue weighted by molar-refractivity contribution is 7.99. The van der Waals surface area contributed by atoms with Crippen LogP contribution in [0.5, 0.6) is 0 Å². The topological polar surface area (TPSA) is 162 Å². The summed E-state index contributed by atoms with van der Waals surface area (Å²) in [6.07, 6.45) is -0.635. The van der Waals surface area contributed by atoms with Gasteiger partial charge in [-0.25, -0.2) is 24.3 Å². The van der Waals surface area contributed by atoms with Crippen LogP contribution in [0.15, 0.2) is 58.4 Å². The zero-order valence-electron chi connectivity index (χ0n) is 29.5. The van der Waals surface area contributed by atoms with E-state index in [2.05, 4.69) is 21.9 Å². The summed E-state index contributed by atoms with van der Waals surface area (Å²) in [7, 11) is 3.31. The van der Waals surface area contributed by atoms with Gasteiger partial charge in [-0.2, -0.15) is 0 Å². The van der Waals surface area contributed by atoms with Gasteiger partial charge in [0, 0.05) is 23.7 Å². The van der Waals surface area contributed by atoms with Crippen molar-refractivity contribution in [3.8, 4) is 0 Å². The molecule has 1 aliphatic rings. The lowest BCUT2D eigenvalue weighted by Crippen LogP contribution is -2.55. The monoisotopic (exact) mass is 696 g/mol. The van der Waals surface area contributed by atoms with E-state index >= 15 is 0 Å². The lowest BCUT2D eigenvalue weighted by atomic mass is 10.1. The molecule has 2 unspecified atom stereocenters. The average molecular weight is 697 g/mol. The van der Waals surface area contributed by atoms with Gasteiger partial charge in [0.15, 0.2) is 0 Å². The SMILES string of the molecule is COC(=O)C(CSc1cccc(C(OC2CCN(C)CC2)c2nc3ccccc3[nH]2)c1)N(C(=O)OC(C)(C)C)C(N)=NC(=O)OC(C)(C)C. The number of benzene rings is 2. The van der Waals surface area contributed by atoms with Crippen LogP contribution in [0.1, 0.15) is 71.9 Å². The Morgan fingerprint density at radius 3 is 2.35 bits per heavy atom. The van der Waals surface area contributed by atoms with Crippen LogP contribution >= 0.6 is 11.8 Å². The number of fused-ring (bicyclic) bond motifs is 1. The number of hydrogen-bond acceptors (Lipinski definition) is 10. The Labute approximate surface area is 291 Å². The number of methoxy groups -OCH3 is 1. The molecule has 0 aliphatic carbocycles. The summed E-state index contributed by atoms with van der Waals surface area (Å²) in [5, 5.41) is 0. The fourth-order valence-electron chi connectivity index (χ4n) is 5.16. The number of guanidine groups is 1. The van der Waals surface area contributed by atoms with Gasteiger partial charge in [0.25, 0.3) is 0 Å². The Balaban J connectivity index is 1.64. The molecule has 1 fully saturated rings. The Hall–Kier alpha value is -4.14. The third kappa shape index (κ3) is 10.9. The van der Waals surface area contributed by atoms with Crippen LogP contribution < -0.4 is 5.73 Å². The number of likely N-dealkylation sites (tertiary alicyclic amines) is 1. The smallest absolute Gasteiger partial charge is 0.437 e. The normalized spacial score (nSPS) is 16.2. The predicted octanol–water partition coefficient (Wildman–Crippen LogP) is 5.88. The lowest BCUT2D eigenvalue weighted by molar-refractivity contribution is -0.144. The lowest BCUT2D eigenvalue weighted by Gasteiger charge is -2.32. The molecular formula is C35H48N6O7S. The van der Waals surface area contributed by atoms with Gasteiger partial charge in [-0.05, 0) is 91.3 Å². The number of para-hydroxylation sites is 2. The molecule has 3 aromatic rings. The van der Waals surface area contributed by atoms with Crippen LogP contribution in [0.4, 0.5) is 9.59 Å². The van der Waals surface area contributed by atoms with Crippen LogP contribution in [-0.2, 0) is 23.7 Å². The first-order valence-electron chi connectivity index (χ1n) is 16.2. The molecule has 2 amide bonds. The van der Waals surface area contributed by atoms with Crippen LogP contribution in [0.25, 0.3) is 11.0 Å².